The molecule has 1 amide bonds. The van der Waals surface area contributed by atoms with E-state index in [0.29, 0.717) is 12.8 Å². The van der Waals surface area contributed by atoms with Gasteiger partial charge in [0.2, 0.25) is 5.91 Å². The van der Waals surface area contributed by atoms with Crippen molar-refractivity contribution in [2.75, 3.05) is 5.32 Å². The van der Waals surface area contributed by atoms with Gasteiger partial charge in [-0.25, -0.2) is 0 Å². The van der Waals surface area contributed by atoms with E-state index in [1.54, 1.807) is 0 Å². The van der Waals surface area contributed by atoms with E-state index in [0.717, 1.165) is 5.69 Å². The van der Waals surface area contributed by atoms with E-state index in [9.17, 15) is 9.59 Å². The maximum atomic E-state index is 11.4. The topological polar surface area (TPSA) is 46.2 Å². The van der Waals surface area contributed by atoms with E-state index in [1.807, 2.05) is 16.8 Å². The largest absolute Gasteiger partial charge is 0.325 e. The van der Waals surface area contributed by atoms with Crippen LogP contribution in [-0.4, -0.2) is 11.7 Å². The Kier molecular flexibility index (Phi) is 2.14. The molecule has 0 aliphatic heterocycles. The Hall–Kier alpha value is -1.16. The van der Waals surface area contributed by atoms with Crippen LogP contribution in [0.5, 0.6) is 0 Å². The molecule has 1 aliphatic rings. The quantitative estimate of drug-likeness (QED) is 0.780. The van der Waals surface area contributed by atoms with Crippen LogP contribution >= 0.6 is 11.3 Å². The fraction of sp³-hybridized carbons (Fsp3) is 0.333. The second-order valence-electron chi connectivity index (χ2n) is 3.15. The number of rotatable bonds is 2. The van der Waals surface area contributed by atoms with Crippen molar-refractivity contribution in [3.8, 4) is 0 Å². The van der Waals surface area contributed by atoms with Gasteiger partial charge in [-0.15, -0.1) is 0 Å². The molecule has 0 radical (unpaired) electrons. The monoisotopic (exact) mass is 195 g/mol. The van der Waals surface area contributed by atoms with Crippen molar-refractivity contribution in [3.05, 3.63) is 16.8 Å². The van der Waals surface area contributed by atoms with Gasteiger partial charge >= 0.3 is 0 Å². The third kappa shape index (κ3) is 1.78. The first-order valence-corrected chi connectivity index (χ1v) is 5.05. The third-order valence-corrected chi connectivity index (χ3v) is 2.79. The second-order valence-corrected chi connectivity index (χ2v) is 3.93. The van der Waals surface area contributed by atoms with Crippen LogP contribution < -0.4 is 5.32 Å². The molecule has 13 heavy (non-hydrogen) atoms. The Morgan fingerprint density at radius 3 is 2.85 bits per heavy atom. The van der Waals surface area contributed by atoms with Gasteiger partial charge in [-0.05, 0) is 11.4 Å². The molecule has 1 fully saturated rings. The number of carbonyl (C=O) groups excluding carboxylic acids is 2. The Bertz CT molecular complexity index is 323. The predicted octanol–water partition coefficient (Wildman–Crippen LogP) is 1.67. The summed E-state index contributed by atoms with van der Waals surface area (Å²) >= 11 is 1.54. The lowest BCUT2D eigenvalue weighted by Gasteiger charge is -2.22. The molecule has 1 saturated carbocycles. The molecule has 0 unspecified atom stereocenters. The van der Waals surface area contributed by atoms with Gasteiger partial charge in [-0.3, -0.25) is 9.59 Å². The summed E-state index contributed by atoms with van der Waals surface area (Å²) in [7, 11) is 0. The summed E-state index contributed by atoms with van der Waals surface area (Å²) in [6.45, 7) is 0. The molecule has 1 aliphatic carbocycles. The zero-order valence-corrected chi connectivity index (χ0v) is 7.76. The maximum Gasteiger partial charge on any atom is 0.228 e. The van der Waals surface area contributed by atoms with E-state index >= 15 is 0 Å². The smallest absolute Gasteiger partial charge is 0.228 e. The second kappa shape index (κ2) is 3.30. The van der Waals surface area contributed by atoms with E-state index in [2.05, 4.69) is 5.32 Å². The van der Waals surface area contributed by atoms with E-state index in [-0.39, 0.29) is 17.6 Å². The molecule has 0 spiro atoms. The van der Waals surface area contributed by atoms with Crippen LogP contribution in [0.2, 0.25) is 0 Å². The summed E-state index contributed by atoms with van der Waals surface area (Å²) in [5.74, 6) is 0.0656. The Morgan fingerprint density at radius 2 is 2.31 bits per heavy atom. The van der Waals surface area contributed by atoms with Crippen LogP contribution in [0, 0.1) is 5.92 Å². The summed E-state index contributed by atoms with van der Waals surface area (Å²) in [6, 6.07) is 1.85. The number of ketones is 1. The molecule has 1 N–H and O–H groups in total. The first-order chi connectivity index (χ1) is 6.25. The predicted molar refractivity (Wildman–Crippen MR) is 50.7 cm³/mol. The lowest BCUT2D eigenvalue weighted by atomic mass is 9.83. The summed E-state index contributed by atoms with van der Waals surface area (Å²) in [5.41, 5.74) is 0.828. The molecule has 4 heteroatoms. The minimum absolute atomic E-state index is 0.0296. The van der Waals surface area contributed by atoms with Gasteiger partial charge < -0.3 is 5.32 Å². The molecule has 0 bridgehead atoms. The van der Waals surface area contributed by atoms with Crippen molar-refractivity contribution in [2.24, 2.45) is 5.92 Å². The summed E-state index contributed by atoms with van der Waals surface area (Å²) < 4.78 is 0. The normalized spacial score (nSPS) is 16.8. The number of amides is 1. The van der Waals surface area contributed by atoms with Crippen molar-refractivity contribution in [3.63, 3.8) is 0 Å². The van der Waals surface area contributed by atoms with Crippen LogP contribution in [0.15, 0.2) is 16.8 Å². The highest BCUT2D eigenvalue weighted by Crippen LogP contribution is 2.24. The third-order valence-electron chi connectivity index (χ3n) is 2.11. The average molecular weight is 195 g/mol. The first kappa shape index (κ1) is 8.44. The van der Waals surface area contributed by atoms with Crippen molar-refractivity contribution < 1.29 is 9.59 Å². The highest BCUT2D eigenvalue weighted by molar-refractivity contribution is 7.08. The van der Waals surface area contributed by atoms with Gasteiger partial charge in [0, 0.05) is 18.2 Å². The van der Waals surface area contributed by atoms with Gasteiger partial charge in [0.1, 0.15) is 5.78 Å². The van der Waals surface area contributed by atoms with E-state index < -0.39 is 0 Å². The van der Waals surface area contributed by atoms with Gasteiger partial charge in [0.15, 0.2) is 0 Å². The molecule has 0 saturated heterocycles. The summed E-state index contributed by atoms with van der Waals surface area (Å²) in [4.78, 5) is 22.0. The number of thiophene rings is 1. The summed E-state index contributed by atoms with van der Waals surface area (Å²) in [6.07, 6.45) is 0.825. The van der Waals surface area contributed by atoms with Crippen LogP contribution in [0.4, 0.5) is 5.69 Å². The van der Waals surface area contributed by atoms with Crippen molar-refractivity contribution in [1.29, 1.82) is 0 Å². The molecular formula is C9H9NO2S. The Balaban J connectivity index is 1.89. The number of nitrogens with one attached hydrogen (secondary N) is 1. The highest BCUT2D eigenvalue weighted by atomic mass is 32.1. The fourth-order valence-corrected chi connectivity index (χ4v) is 1.84. The average Bonchev–Trinajstić information content (AvgIpc) is 2.51. The molecule has 3 nitrogen and oxygen atoms in total. The molecule has 68 valence electrons. The number of hydrogen-bond acceptors (Lipinski definition) is 3. The molecule has 0 atom stereocenters. The van der Waals surface area contributed by atoms with Crippen LogP contribution in [0.1, 0.15) is 12.8 Å². The maximum absolute atomic E-state index is 11.4. The lowest BCUT2D eigenvalue weighted by molar-refractivity contribution is -0.135. The van der Waals surface area contributed by atoms with Crippen molar-refractivity contribution in [1.82, 2.24) is 0 Å². The number of Topliss-reactive ketones (excluding diaryl/α,β-unsaturated/α-hetero) is 1. The molecular weight excluding hydrogens is 186 g/mol. The van der Waals surface area contributed by atoms with Gasteiger partial charge in [-0.1, -0.05) is 0 Å². The zero-order valence-electron chi connectivity index (χ0n) is 6.95. The molecule has 1 aromatic rings. The van der Waals surface area contributed by atoms with Gasteiger partial charge in [0.25, 0.3) is 0 Å². The van der Waals surface area contributed by atoms with Crippen LogP contribution in [0.3, 0.4) is 0 Å². The van der Waals surface area contributed by atoms with E-state index in [4.69, 9.17) is 0 Å². The fourth-order valence-electron chi connectivity index (χ4n) is 1.26. The highest BCUT2D eigenvalue weighted by Gasteiger charge is 2.32. The van der Waals surface area contributed by atoms with Crippen LogP contribution in [-0.2, 0) is 9.59 Å². The standard InChI is InChI=1S/C9H9NO2S/c11-8-3-6(4-8)9(12)10-7-1-2-13-5-7/h1-2,5-6H,3-4H2,(H,10,12). The Labute approximate surface area is 79.8 Å². The zero-order chi connectivity index (χ0) is 9.26. The van der Waals surface area contributed by atoms with Gasteiger partial charge in [-0.2, -0.15) is 11.3 Å². The SMILES string of the molecule is O=C1CC(C(=O)Nc2ccsc2)C1. The van der Waals surface area contributed by atoms with E-state index in [1.165, 1.54) is 11.3 Å². The minimum atomic E-state index is -0.0904. The number of carbonyl (C=O) groups is 2. The summed E-state index contributed by atoms with van der Waals surface area (Å²) in [5, 5.41) is 6.54. The number of anilines is 1. The van der Waals surface area contributed by atoms with Crippen molar-refractivity contribution >= 4 is 28.7 Å². The molecule has 2 rings (SSSR count). The number of hydrogen-bond donors (Lipinski definition) is 1. The minimum Gasteiger partial charge on any atom is -0.325 e. The molecule has 1 aromatic heterocycles. The first-order valence-electron chi connectivity index (χ1n) is 4.10. The lowest BCUT2D eigenvalue weighted by Crippen LogP contribution is -2.34. The molecule has 0 aromatic carbocycles. The van der Waals surface area contributed by atoms with Crippen LogP contribution in [0.25, 0.3) is 0 Å². The Morgan fingerprint density at radius 1 is 1.54 bits per heavy atom. The van der Waals surface area contributed by atoms with Gasteiger partial charge in [0.05, 0.1) is 11.6 Å². The van der Waals surface area contributed by atoms with Crippen molar-refractivity contribution in [2.45, 2.75) is 12.8 Å². The molecule has 1 heterocycles.